The smallest absolute Gasteiger partial charge is 0.246 e. The molecule has 0 unspecified atom stereocenters. The van der Waals surface area contributed by atoms with Crippen LogP contribution < -0.4 is 0 Å². The summed E-state index contributed by atoms with van der Waals surface area (Å²) in [7, 11) is 0. The molecule has 6 heteroatoms. The number of likely N-dealkylation sites (tertiary alicyclic amines) is 1. The van der Waals surface area contributed by atoms with Gasteiger partial charge in [-0.1, -0.05) is 24.9 Å². The first kappa shape index (κ1) is 16.0. The van der Waals surface area contributed by atoms with E-state index in [1.807, 2.05) is 6.92 Å². The number of amides is 1. The Morgan fingerprint density at radius 1 is 1.57 bits per heavy atom. The molecule has 0 aliphatic carbocycles. The zero-order valence-corrected chi connectivity index (χ0v) is 13.3. The van der Waals surface area contributed by atoms with E-state index >= 15 is 0 Å². The minimum Gasteiger partial charge on any atom is -0.391 e. The highest BCUT2D eigenvalue weighted by Crippen LogP contribution is 2.22. The maximum Gasteiger partial charge on any atom is 0.246 e. The highest BCUT2D eigenvalue weighted by molar-refractivity contribution is 6.31. The van der Waals surface area contributed by atoms with Crippen molar-refractivity contribution in [3.63, 3.8) is 0 Å². The Morgan fingerprint density at radius 3 is 2.95 bits per heavy atom. The van der Waals surface area contributed by atoms with E-state index in [1.54, 1.807) is 15.7 Å². The predicted molar refractivity (Wildman–Crippen MR) is 83.1 cm³/mol. The van der Waals surface area contributed by atoms with Crippen LogP contribution >= 0.6 is 11.6 Å². The van der Waals surface area contributed by atoms with Crippen LogP contribution in [0.15, 0.2) is 6.08 Å². The molecule has 1 N–H and O–H groups in total. The largest absolute Gasteiger partial charge is 0.391 e. The maximum atomic E-state index is 12.0. The fourth-order valence-corrected chi connectivity index (χ4v) is 2.74. The molecule has 0 radical (unpaired) electrons. The van der Waals surface area contributed by atoms with Crippen LogP contribution in [0.1, 0.15) is 37.4 Å². The van der Waals surface area contributed by atoms with Gasteiger partial charge >= 0.3 is 0 Å². The van der Waals surface area contributed by atoms with Crippen LogP contribution in [0.4, 0.5) is 0 Å². The zero-order chi connectivity index (χ0) is 15.4. The van der Waals surface area contributed by atoms with Gasteiger partial charge in [-0.15, -0.1) is 0 Å². The van der Waals surface area contributed by atoms with Crippen LogP contribution in [0.5, 0.6) is 0 Å². The number of carbonyl (C=O) groups excluding carboxylic acids is 1. The summed E-state index contributed by atoms with van der Waals surface area (Å²) in [6, 6.07) is 0. The van der Waals surface area contributed by atoms with Crippen LogP contribution in [0.3, 0.4) is 0 Å². The Labute approximate surface area is 130 Å². The quantitative estimate of drug-likeness (QED) is 0.849. The van der Waals surface area contributed by atoms with Gasteiger partial charge in [0.2, 0.25) is 5.91 Å². The summed E-state index contributed by atoms with van der Waals surface area (Å²) in [6.45, 7) is 5.81. The molecule has 0 bridgehead atoms. The molecule has 1 aliphatic rings. The minimum absolute atomic E-state index is 0.0941. The monoisotopic (exact) mass is 311 g/mol. The molecule has 2 heterocycles. The van der Waals surface area contributed by atoms with Gasteiger partial charge in [-0.05, 0) is 25.8 Å². The number of carbonyl (C=O) groups is 1. The van der Waals surface area contributed by atoms with Crippen molar-refractivity contribution in [2.75, 3.05) is 13.1 Å². The second-order valence-corrected chi connectivity index (χ2v) is 5.78. The highest BCUT2D eigenvalue weighted by Gasteiger charge is 2.23. The number of aliphatic hydroxyl groups is 1. The first-order valence-corrected chi connectivity index (χ1v) is 7.78. The van der Waals surface area contributed by atoms with Crippen molar-refractivity contribution in [3.05, 3.63) is 22.5 Å². The van der Waals surface area contributed by atoms with Crippen molar-refractivity contribution < 1.29 is 9.90 Å². The Hall–Kier alpha value is -1.33. The molecule has 116 valence electrons. The van der Waals surface area contributed by atoms with Crippen molar-refractivity contribution >= 4 is 23.6 Å². The second kappa shape index (κ2) is 7.09. The second-order valence-electron chi connectivity index (χ2n) is 5.43. The average molecular weight is 312 g/mol. The number of rotatable bonds is 5. The molecule has 21 heavy (non-hydrogen) atoms. The first-order valence-electron chi connectivity index (χ1n) is 7.41. The van der Waals surface area contributed by atoms with Crippen molar-refractivity contribution in [3.8, 4) is 0 Å². The van der Waals surface area contributed by atoms with Gasteiger partial charge in [0.15, 0.2) is 0 Å². The molecule has 0 saturated carbocycles. The van der Waals surface area contributed by atoms with E-state index in [0.29, 0.717) is 24.7 Å². The SMILES string of the molecule is CCCCn1nc(C)c(/C=C/C(=O)N2CC[C@@H](O)C2)c1Cl. The first-order chi connectivity index (χ1) is 10.0. The van der Waals surface area contributed by atoms with Gasteiger partial charge < -0.3 is 10.0 Å². The lowest BCUT2D eigenvalue weighted by Crippen LogP contribution is -2.27. The molecule has 1 amide bonds. The molecule has 1 fully saturated rings. The summed E-state index contributed by atoms with van der Waals surface area (Å²) in [5.74, 6) is -0.0941. The molecule has 1 saturated heterocycles. The van der Waals surface area contributed by atoms with Crippen LogP contribution in [0, 0.1) is 6.92 Å². The molecule has 5 nitrogen and oxygen atoms in total. The van der Waals surface area contributed by atoms with E-state index in [4.69, 9.17) is 11.6 Å². The molecule has 0 spiro atoms. The van der Waals surface area contributed by atoms with Gasteiger partial charge in [0.05, 0.1) is 11.8 Å². The molecule has 0 aromatic carbocycles. The number of hydrogen-bond acceptors (Lipinski definition) is 3. The Balaban J connectivity index is 2.06. The van der Waals surface area contributed by atoms with E-state index in [0.717, 1.165) is 30.6 Å². The summed E-state index contributed by atoms with van der Waals surface area (Å²) in [4.78, 5) is 13.7. The number of aromatic nitrogens is 2. The van der Waals surface area contributed by atoms with E-state index in [1.165, 1.54) is 6.08 Å². The van der Waals surface area contributed by atoms with Crippen molar-refractivity contribution in [2.24, 2.45) is 0 Å². The highest BCUT2D eigenvalue weighted by atomic mass is 35.5. The molecule has 1 aromatic rings. The number of hydrogen-bond donors (Lipinski definition) is 1. The third-order valence-corrected chi connectivity index (χ3v) is 4.10. The summed E-state index contributed by atoms with van der Waals surface area (Å²) in [5, 5.41) is 14.4. The van der Waals surface area contributed by atoms with Gasteiger partial charge in [-0.25, -0.2) is 0 Å². The number of nitrogens with zero attached hydrogens (tertiary/aromatic N) is 3. The Bertz CT molecular complexity index is 539. The van der Waals surface area contributed by atoms with Crippen LogP contribution in [0.2, 0.25) is 5.15 Å². The van der Waals surface area contributed by atoms with E-state index in [2.05, 4.69) is 12.0 Å². The standard InChI is InChI=1S/C15H22ClN3O2/c1-3-4-8-19-15(16)13(11(2)17-19)5-6-14(21)18-9-7-12(20)10-18/h5-6,12,20H,3-4,7-10H2,1-2H3/b6-5+/t12-/m1/s1. The maximum absolute atomic E-state index is 12.0. The number of β-amino-alcohol motifs (C(OH)–C–C–N with tert-alkyl or cyclic N) is 1. The van der Waals surface area contributed by atoms with Gasteiger partial charge in [0, 0.05) is 31.3 Å². The predicted octanol–water partition coefficient (Wildman–Crippen LogP) is 2.25. The molecule has 1 atom stereocenters. The molecule has 1 aliphatic heterocycles. The number of aryl methyl sites for hydroxylation is 2. The van der Waals surface area contributed by atoms with Crippen molar-refractivity contribution in [1.82, 2.24) is 14.7 Å². The zero-order valence-electron chi connectivity index (χ0n) is 12.5. The van der Waals surface area contributed by atoms with E-state index in [9.17, 15) is 9.90 Å². The van der Waals surface area contributed by atoms with E-state index in [-0.39, 0.29) is 5.91 Å². The number of aliphatic hydroxyl groups excluding tert-OH is 1. The van der Waals surface area contributed by atoms with Crippen molar-refractivity contribution in [1.29, 1.82) is 0 Å². The Morgan fingerprint density at radius 2 is 2.33 bits per heavy atom. The third kappa shape index (κ3) is 3.86. The Kier molecular flexibility index (Phi) is 5.42. The lowest BCUT2D eigenvalue weighted by molar-refractivity contribution is -0.125. The third-order valence-electron chi connectivity index (χ3n) is 3.70. The van der Waals surface area contributed by atoms with Gasteiger partial charge in [-0.2, -0.15) is 5.10 Å². The molecular formula is C15H22ClN3O2. The average Bonchev–Trinajstić information content (AvgIpc) is 2.99. The van der Waals surface area contributed by atoms with Crippen molar-refractivity contribution in [2.45, 2.75) is 45.8 Å². The summed E-state index contributed by atoms with van der Waals surface area (Å²) < 4.78 is 1.78. The fraction of sp³-hybridized carbons (Fsp3) is 0.600. The minimum atomic E-state index is -0.399. The molecular weight excluding hydrogens is 290 g/mol. The topological polar surface area (TPSA) is 58.4 Å². The summed E-state index contributed by atoms with van der Waals surface area (Å²) >= 11 is 6.32. The lowest BCUT2D eigenvalue weighted by atomic mass is 10.2. The van der Waals surface area contributed by atoms with Gasteiger partial charge in [0.1, 0.15) is 5.15 Å². The number of halogens is 1. The lowest BCUT2D eigenvalue weighted by Gasteiger charge is -2.12. The molecule has 1 aromatic heterocycles. The number of unbranched alkanes of at least 4 members (excludes halogenated alkanes) is 1. The van der Waals surface area contributed by atoms with E-state index < -0.39 is 6.10 Å². The van der Waals surface area contributed by atoms with Crippen LogP contribution in [-0.2, 0) is 11.3 Å². The van der Waals surface area contributed by atoms with Gasteiger partial charge in [0.25, 0.3) is 0 Å². The van der Waals surface area contributed by atoms with Gasteiger partial charge in [-0.3, -0.25) is 9.48 Å². The summed E-state index contributed by atoms with van der Waals surface area (Å²) in [5.41, 5.74) is 1.61. The normalized spacial score (nSPS) is 18.9. The van der Waals surface area contributed by atoms with Crippen LogP contribution in [0.25, 0.3) is 6.08 Å². The molecule has 2 rings (SSSR count). The fourth-order valence-electron chi connectivity index (χ4n) is 2.41. The summed E-state index contributed by atoms with van der Waals surface area (Å²) in [6.07, 6.45) is 5.58. The van der Waals surface area contributed by atoms with Crippen LogP contribution in [-0.4, -0.2) is 44.9 Å².